The number of hydrogen-bond donors (Lipinski definition) is 1. The lowest BCUT2D eigenvalue weighted by molar-refractivity contribution is -0.142. The van der Waals surface area contributed by atoms with E-state index in [1.54, 1.807) is 0 Å². The van der Waals surface area contributed by atoms with Gasteiger partial charge in [0.05, 0.1) is 0 Å². The zero-order valence-electron chi connectivity index (χ0n) is 8.01. The summed E-state index contributed by atoms with van der Waals surface area (Å²) < 4.78 is 37.9. The van der Waals surface area contributed by atoms with E-state index in [1.165, 1.54) is 12.1 Å². The van der Waals surface area contributed by atoms with Gasteiger partial charge in [-0.15, -0.1) is 0 Å². The second kappa shape index (κ2) is 3.40. The van der Waals surface area contributed by atoms with Gasteiger partial charge in [-0.1, -0.05) is 12.5 Å². The topological polar surface area (TPSA) is 38.9 Å². The monoisotopic (exact) mass is 216 g/mol. The molecule has 0 radical (unpaired) electrons. The number of nitrogen functional groups attached to an aromatic ring is 1. The Morgan fingerprint density at radius 2 is 1.93 bits per heavy atom. The van der Waals surface area contributed by atoms with Crippen LogP contribution in [0.3, 0.4) is 0 Å². The molecule has 1 aromatic heterocycles. The standard InChI is InChI=1S/C10H11F3N2/c11-10(12,13)9-7(6-2-1-3-6)4-5-8(14)15-9/h4-6H,1-3H2,(H2,14,15). The van der Waals surface area contributed by atoms with E-state index in [9.17, 15) is 13.2 Å². The van der Waals surface area contributed by atoms with Crippen LogP contribution in [0.5, 0.6) is 0 Å². The molecule has 1 aliphatic rings. The summed E-state index contributed by atoms with van der Waals surface area (Å²) in [5.41, 5.74) is 4.75. The summed E-state index contributed by atoms with van der Waals surface area (Å²) >= 11 is 0. The van der Waals surface area contributed by atoms with Gasteiger partial charge in [-0.2, -0.15) is 13.2 Å². The van der Waals surface area contributed by atoms with Gasteiger partial charge >= 0.3 is 6.18 Å². The molecule has 0 amide bonds. The second-order valence-corrected chi connectivity index (χ2v) is 3.80. The molecular formula is C10H11F3N2. The Hall–Kier alpha value is -1.26. The van der Waals surface area contributed by atoms with Crippen molar-refractivity contribution < 1.29 is 13.2 Å². The number of rotatable bonds is 1. The van der Waals surface area contributed by atoms with Crippen LogP contribution >= 0.6 is 0 Å². The summed E-state index contributed by atoms with van der Waals surface area (Å²) in [5, 5.41) is 0. The van der Waals surface area contributed by atoms with Gasteiger partial charge in [-0.25, -0.2) is 4.98 Å². The average molecular weight is 216 g/mol. The molecule has 0 bridgehead atoms. The van der Waals surface area contributed by atoms with Crippen LogP contribution in [0.1, 0.15) is 36.4 Å². The SMILES string of the molecule is Nc1ccc(C2CCC2)c(C(F)(F)F)n1. The van der Waals surface area contributed by atoms with Crippen molar-refractivity contribution in [1.82, 2.24) is 4.98 Å². The fourth-order valence-electron chi connectivity index (χ4n) is 1.76. The van der Waals surface area contributed by atoms with Crippen molar-refractivity contribution in [1.29, 1.82) is 0 Å². The molecule has 0 spiro atoms. The van der Waals surface area contributed by atoms with Crippen LogP contribution in [0.25, 0.3) is 0 Å². The van der Waals surface area contributed by atoms with E-state index in [2.05, 4.69) is 4.98 Å². The van der Waals surface area contributed by atoms with Crippen molar-refractivity contribution in [3.63, 3.8) is 0 Å². The third-order valence-electron chi connectivity index (χ3n) is 2.76. The van der Waals surface area contributed by atoms with E-state index in [4.69, 9.17) is 5.73 Å². The maximum Gasteiger partial charge on any atom is 0.433 e. The fourth-order valence-corrected chi connectivity index (χ4v) is 1.76. The van der Waals surface area contributed by atoms with Gasteiger partial charge in [0.25, 0.3) is 0 Å². The number of aromatic nitrogens is 1. The minimum absolute atomic E-state index is 0.00900. The maximum atomic E-state index is 12.6. The van der Waals surface area contributed by atoms with E-state index in [1.807, 2.05) is 0 Å². The van der Waals surface area contributed by atoms with Crippen LogP contribution in [-0.2, 0) is 6.18 Å². The van der Waals surface area contributed by atoms with E-state index < -0.39 is 11.9 Å². The number of pyridine rings is 1. The van der Waals surface area contributed by atoms with Gasteiger partial charge in [0.2, 0.25) is 0 Å². The second-order valence-electron chi connectivity index (χ2n) is 3.80. The molecule has 15 heavy (non-hydrogen) atoms. The number of alkyl halides is 3. The number of hydrogen-bond acceptors (Lipinski definition) is 2. The van der Waals surface area contributed by atoms with Crippen molar-refractivity contribution in [2.75, 3.05) is 5.73 Å². The molecule has 5 heteroatoms. The summed E-state index contributed by atoms with van der Waals surface area (Å²) in [6.45, 7) is 0. The highest BCUT2D eigenvalue weighted by molar-refractivity contribution is 5.38. The number of anilines is 1. The molecule has 1 heterocycles. The fraction of sp³-hybridized carbons (Fsp3) is 0.500. The third-order valence-corrected chi connectivity index (χ3v) is 2.76. The third kappa shape index (κ3) is 1.91. The normalized spacial score (nSPS) is 17.5. The van der Waals surface area contributed by atoms with Crippen LogP contribution in [-0.4, -0.2) is 4.98 Å². The van der Waals surface area contributed by atoms with E-state index in [0.717, 1.165) is 19.3 Å². The Bertz CT molecular complexity index is 369. The maximum absolute atomic E-state index is 12.6. The Morgan fingerprint density at radius 1 is 1.27 bits per heavy atom. The predicted octanol–water partition coefficient (Wildman–Crippen LogP) is 2.95. The van der Waals surface area contributed by atoms with Crippen LogP contribution in [0.15, 0.2) is 12.1 Å². The number of nitrogens with two attached hydrogens (primary N) is 1. The first-order valence-electron chi connectivity index (χ1n) is 4.82. The van der Waals surface area contributed by atoms with Crippen molar-refractivity contribution in [3.05, 3.63) is 23.4 Å². The summed E-state index contributed by atoms with van der Waals surface area (Å²) in [5.74, 6) is -0.0693. The van der Waals surface area contributed by atoms with Crippen molar-refractivity contribution >= 4 is 5.82 Å². The first-order chi connectivity index (χ1) is 6.98. The van der Waals surface area contributed by atoms with E-state index >= 15 is 0 Å². The molecule has 1 aromatic rings. The highest BCUT2D eigenvalue weighted by Crippen LogP contribution is 2.42. The molecule has 0 atom stereocenters. The van der Waals surface area contributed by atoms with Crippen LogP contribution in [0.4, 0.5) is 19.0 Å². The zero-order valence-corrected chi connectivity index (χ0v) is 8.01. The molecule has 1 aliphatic carbocycles. The zero-order chi connectivity index (χ0) is 11.1. The molecule has 0 unspecified atom stereocenters. The minimum atomic E-state index is -4.40. The summed E-state index contributed by atoms with van der Waals surface area (Å²) in [6.07, 6.45) is -1.78. The first-order valence-corrected chi connectivity index (χ1v) is 4.82. The van der Waals surface area contributed by atoms with Gasteiger partial charge in [-0.3, -0.25) is 0 Å². The highest BCUT2D eigenvalue weighted by atomic mass is 19.4. The average Bonchev–Trinajstić information content (AvgIpc) is 2.03. The lowest BCUT2D eigenvalue weighted by Gasteiger charge is -2.27. The summed E-state index contributed by atoms with van der Waals surface area (Å²) in [4.78, 5) is 3.40. The highest BCUT2D eigenvalue weighted by Gasteiger charge is 2.38. The van der Waals surface area contributed by atoms with Gasteiger partial charge in [0, 0.05) is 0 Å². The van der Waals surface area contributed by atoms with Gasteiger partial charge in [0.1, 0.15) is 11.5 Å². The number of nitrogens with zero attached hydrogens (tertiary/aromatic N) is 1. The molecule has 0 aromatic carbocycles. The molecule has 82 valence electrons. The lowest BCUT2D eigenvalue weighted by atomic mass is 9.79. The molecule has 1 saturated carbocycles. The van der Waals surface area contributed by atoms with Gasteiger partial charge in [0.15, 0.2) is 0 Å². The van der Waals surface area contributed by atoms with Crippen LogP contribution < -0.4 is 5.73 Å². The lowest BCUT2D eigenvalue weighted by Crippen LogP contribution is -2.18. The molecule has 0 aliphatic heterocycles. The number of halogens is 3. The Balaban J connectivity index is 2.44. The Morgan fingerprint density at radius 3 is 2.40 bits per heavy atom. The quantitative estimate of drug-likeness (QED) is 0.783. The molecule has 1 fully saturated rings. The Kier molecular flexibility index (Phi) is 2.32. The van der Waals surface area contributed by atoms with Gasteiger partial charge < -0.3 is 5.73 Å². The van der Waals surface area contributed by atoms with Crippen LogP contribution in [0, 0.1) is 0 Å². The molecule has 2 rings (SSSR count). The summed E-state index contributed by atoms with van der Waals surface area (Å²) in [7, 11) is 0. The molecule has 0 saturated heterocycles. The molecule has 2 nitrogen and oxygen atoms in total. The first kappa shape index (κ1) is 10.3. The molecular weight excluding hydrogens is 205 g/mol. The summed E-state index contributed by atoms with van der Waals surface area (Å²) in [6, 6.07) is 2.89. The largest absolute Gasteiger partial charge is 0.433 e. The Labute approximate surface area is 85.3 Å². The van der Waals surface area contributed by atoms with Crippen molar-refractivity contribution in [2.24, 2.45) is 0 Å². The van der Waals surface area contributed by atoms with Crippen LogP contribution in [0.2, 0.25) is 0 Å². The van der Waals surface area contributed by atoms with E-state index in [0.29, 0.717) is 5.56 Å². The van der Waals surface area contributed by atoms with Crippen molar-refractivity contribution in [2.45, 2.75) is 31.4 Å². The van der Waals surface area contributed by atoms with Crippen molar-refractivity contribution in [3.8, 4) is 0 Å². The predicted molar refractivity (Wildman–Crippen MR) is 50.2 cm³/mol. The minimum Gasteiger partial charge on any atom is -0.384 e. The van der Waals surface area contributed by atoms with E-state index in [-0.39, 0.29) is 11.7 Å². The smallest absolute Gasteiger partial charge is 0.384 e. The molecule has 2 N–H and O–H groups in total. The van der Waals surface area contributed by atoms with Gasteiger partial charge in [-0.05, 0) is 30.4 Å².